The molecule has 4 rings (SSSR count). The molecule has 0 radical (unpaired) electrons. The van der Waals surface area contributed by atoms with Gasteiger partial charge in [0, 0.05) is 32.1 Å². The fourth-order valence-electron chi connectivity index (χ4n) is 5.16. The molecule has 0 unspecified atom stereocenters. The first-order chi connectivity index (χ1) is 13.4. The van der Waals surface area contributed by atoms with Crippen LogP contribution in [-0.2, 0) is 14.8 Å². The van der Waals surface area contributed by atoms with E-state index >= 15 is 0 Å². The quantitative estimate of drug-likeness (QED) is 0.771. The average Bonchev–Trinajstić information content (AvgIpc) is 2.73. The van der Waals surface area contributed by atoms with E-state index in [1.54, 1.807) is 0 Å². The van der Waals surface area contributed by atoms with Crippen molar-refractivity contribution < 1.29 is 17.6 Å². The highest BCUT2D eigenvalue weighted by molar-refractivity contribution is 7.89. The van der Waals surface area contributed by atoms with Crippen molar-refractivity contribution in [1.29, 1.82) is 0 Å². The second-order valence-electron chi connectivity index (χ2n) is 8.51. The van der Waals surface area contributed by atoms with Gasteiger partial charge in [0.15, 0.2) is 0 Å². The third kappa shape index (κ3) is 3.96. The maximum atomic E-state index is 13.1. The molecule has 1 amide bonds. The van der Waals surface area contributed by atoms with Crippen LogP contribution in [0.3, 0.4) is 0 Å². The summed E-state index contributed by atoms with van der Waals surface area (Å²) in [5, 5.41) is 0. The molecule has 0 spiro atoms. The molecule has 1 aromatic rings. The molecule has 3 aliphatic rings. The van der Waals surface area contributed by atoms with E-state index in [0.717, 1.165) is 37.6 Å². The smallest absolute Gasteiger partial charge is 0.243 e. The van der Waals surface area contributed by atoms with E-state index in [1.807, 2.05) is 4.90 Å². The van der Waals surface area contributed by atoms with Gasteiger partial charge in [-0.2, -0.15) is 4.31 Å². The SMILES string of the molecule is O=C(C1CCN(S(=O)(=O)c2ccc(F)cc2)CC1)N1CC[C@@H]2CCCC[C@H]2C1. The van der Waals surface area contributed by atoms with Gasteiger partial charge >= 0.3 is 0 Å². The molecule has 1 aliphatic carbocycles. The zero-order valence-electron chi connectivity index (χ0n) is 16.2. The average molecular weight is 409 g/mol. The Bertz CT molecular complexity index is 803. The van der Waals surface area contributed by atoms with Gasteiger partial charge in [-0.3, -0.25) is 4.79 Å². The molecular formula is C21H29FN2O3S. The van der Waals surface area contributed by atoms with E-state index in [-0.39, 0.29) is 16.7 Å². The summed E-state index contributed by atoms with van der Waals surface area (Å²) < 4.78 is 40.0. The second kappa shape index (κ2) is 8.11. The van der Waals surface area contributed by atoms with Crippen molar-refractivity contribution in [3.63, 3.8) is 0 Å². The maximum absolute atomic E-state index is 13.1. The van der Waals surface area contributed by atoms with Crippen LogP contribution in [0, 0.1) is 23.6 Å². The molecule has 5 nitrogen and oxygen atoms in total. The number of hydrogen-bond acceptors (Lipinski definition) is 3. The Balaban J connectivity index is 1.34. The third-order valence-corrected chi connectivity index (χ3v) is 8.77. The summed E-state index contributed by atoms with van der Waals surface area (Å²) in [6, 6.07) is 4.93. The van der Waals surface area contributed by atoms with Gasteiger partial charge in [0.25, 0.3) is 0 Å². The third-order valence-electron chi connectivity index (χ3n) is 6.86. The van der Waals surface area contributed by atoms with Gasteiger partial charge < -0.3 is 4.90 Å². The van der Waals surface area contributed by atoms with Gasteiger partial charge in [-0.05, 0) is 61.8 Å². The van der Waals surface area contributed by atoms with Crippen LogP contribution in [0.1, 0.15) is 44.9 Å². The van der Waals surface area contributed by atoms with Gasteiger partial charge in [-0.15, -0.1) is 0 Å². The first-order valence-corrected chi connectivity index (χ1v) is 11.9. The highest BCUT2D eigenvalue weighted by atomic mass is 32.2. The van der Waals surface area contributed by atoms with Crippen molar-refractivity contribution >= 4 is 15.9 Å². The minimum Gasteiger partial charge on any atom is -0.342 e. The van der Waals surface area contributed by atoms with Crippen LogP contribution < -0.4 is 0 Å². The molecule has 2 heterocycles. The Labute approximate surface area is 166 Å². The van der Waals surface area contributed by atoms with Crippen LogP contribution in [0.25, 0.3) is 0 Å². The van der Waals surface area contributed by atoms with Crippen LogP contribution in [0.15, 0.2) is 29.2 Å². The molecule has 1 saturated carbocycles. The number of rotatable bonds is 3. The van der Waals surface area contributed by atoms with Crippen LogP contribution in [0.2, 0.25) is 0 Å². The Morgan fingerprint density at radius 2 is 1.54 bits per heavy atom. The van der Waals surface area contributed by atoms with Crippen molar-refractivity contribution in [1.82, 2.24) is 9.21 Å². The summed E-state index contributed by atoms with van der Waals surface area (Å²) in [6.45, 7) is 2.43. The predicted octanol–water partition coefficient (Wildman–Crippen LogP) is 3.27. The van der Waals surface area contributed by atoms with Gasteiger partial charge in [0.1, 0.15) is 5.82 Å². The summed E-state index contributed by atoms with van der Waals surface area (Å²) in [5.74, 6) is 1.12. The Hall–Kier alpha value is -1.47. The minimum atomic E-state index is -3.63. The largest absolute Gasteiger partial charge is 0.342 e. The zero-order valence-corrected chi connectivity index (χ0v) is 17.0. The molecule has 154 valence electrons. The van der Waals surface area contributed by atoms with E-state index in [2.05, 4.69) is 0 Å². The van der Waals surface area contributed by atoms with Crippen molar-refractivity contribution in [2.45, 2.75) is 49.8 Å². The first kappa shape index (κ1) is 19.8. The molecule has 0 aromatic heterocycles. The highest BCUT2D eigenvalue weighted by Gasteiger charge is 2.37. The monoisotopic (exact) mass is 408 g/mol. The Morgan fingerprint density at radius 3 is 2.21 bits per heavy atom. The molecule has 7 heteroatoms. The molecular weight excluding hydrogens is 379 g/mol. The molecule has 2 aliphatic heterocycles. The van der Waals surface area contributed by atoms with Gasteiger partial charge in [-0.25, -0.2) is 12.8 Å². The minimum absolute atomic E-state index is 0.0835. The fraction of sp³-hybridized carbons (Fsp3) is 0.667. The maximum Gasteiger partial charge on any atom is 0.243 e. The first-order valence-electron chi connectivity index (χ1n) is 10.5. The van der Waals surface area contributed by atoms with Crippen molar-refractivity contribution in [3.05, 3.63) is 30.1 Å². The molecule has 0 bridgehead atoms. The van der Waals surface area contributed by atoms with E-state index in [9.17, 15) is 17.6 Å². The number of amides is 1. The number of halogens is 1. The lowest BCUT2D eigenvalue weighted by molar-refractivity contribution is -0.139. The summed E-state index contributed by atoms with van der Waals surface area (Å²) >= 11 is 0. The van der Waals surface area contributed by atoms with Gasteiger partial charge in [0.2, 0.25) is 15.9 Å². The van der Waals surface area contributed by atoms with E-state index in [1.165, 1.54) is 42.1 Å². The summed E-state index contributed by atoms with van der Waals surface area (Å²) in [7, 11) is -3.63. The van der Waals surface area contributed by atoms with Gasteiger partial charge in [0.05, 0.1) is 4.90 Å². The van der Waals surface area contributed by atoms with E-state index < -0.39 is 15.8 Å². The second-order valence-corrected chi connectivity index (χ2v) is 10.4. The molecule has 1 aromatic carbocycles. The lowest BCUT2D eigenvalue weighted by Gasteiger charge is -2.43. The number of carbonyl (C=O) groups excluding carboxylic acids is 1. The number of nitrogens with zero attached hydrogens (tertiary/aromatic N) is 2. The number of sulfonamides is 1. The van der Waals surface area contributed by atoms with E-state index in [4.69, 9.17) is 0 Å². The standard InChI is InChI=1S/C21H29FN2O3S/c22-19-5-7-20(8-6-19)28(26,27)24-13-10-17(11-14-24)21(25)23-12-9-16-3-1-2-4-18(16)15-23/h5-8,16-18H,1-4,9-15H2/t16-,18-/m0/s1. The molecule has 3 fully saturated rings. The number of likely N-dealkylation sites (tertiary alicyclic amines) is 1. The summed E-state index contributed by atoms with van der Waals surface area (Å²) in [6.07, 6.45) is 7.40. The van der Waals surface area contributed by atoms with Crippen LogP contribution >= 0.6 is 0 Å². The fourth-order valence-corrected chi connectivity index (χ4v) is 6.63. The Kier molecular flexibility index (Phi) is 5.74. The normalized spacial score (nSPS) is 27.4. The lowest BCUT2D eigenvalue weighted by Crippen LogP contribution is -2.49. The molecule has 2 saturated heterocycles. The van der Waals surface area contributed by atoms with Crippen molar-refractivity contribution in [2.75, 3.05) is 26.2 Å². The topological polar surface area (TPSA) is 57.7 Å². The van der Waals surface area contributed by atoms with Crippen LogP contribution in [0.5, 0.6) is 0 Å². The number of hydrogen-bond donors (Lipinski definition) is 0. The summed E-state index contributed by atoms with van der Waals surface area (Å²) in [4.78, 5) is 15.2. The van der Waals surface area contributed by atoms with Crippen molar-refractivity contribution in [3.8, 4) is 0 Å². The number of piperidine rings is 2. The van der Waals surface area contributed by atoms with E-state index in [0.29, 0.717) is 31.8 Å². The van der Waals surface area contributed by atoms with Gasteiger partial charge in [-0.1, -0.05) is 19.3 Å². The Morgan fingerprint density at radius 1 is 0.893 bits per heavy atom. The zero-order chi connectivity index (χ0) is 19.7. The summed E-state index contributed by atoms with van der Waals surface area (Å²) in [5.41, 5.74) is 0. The number of benzene rings is 1. The molecule has 2 atom stereocenters. The predicted molar refractivity (Wildman–Crippen MR) is 105 cm³/mol. The lowest BCUT2D eigenvalue weighted by atomic mass is 9.75. The molecule has 28 heavy (non-hydrogen) atoms. The highest BCUT2D eigenvalue weighted by Crippen LogP contribution is 2.37. The number of carbonyl (C=O) groups is 1. The van der Waals surface area contributed by atoms with Crippen LogP contribution in [-0.4, -0.2) is 49.7 Å². The number of fused-ring (bicyclic) bond motifs is 1. The van der Waals surface area contributed by atoms with Crippen molar-refractivity contribution in [2.24, 2.45) is 17.8 Å². The molecule has 0 N–H and O–H groups in total. The van der Waals surface area contributed by atoms with Crippen LogP contribution in [0.4, 0.5) is 4.39 Å².